The molecule has 16 heavy (non-hydrogen) atoms. The fraction of sp³-hybridized carbons (Fsp3) is 0.600. The molecule has 0 aliphatic rings. The SMILES string of the molecule is CC(C)(C)S(=O)CCNc1ncncc1Cl. The van der Waals surface area contributed by atoms with Gasteiger partial charge in [0.15, 0.2) is 0 Å². The number of nitrogens with zero attached hydrogens (tertiary/aromatic N) is 2. The van der Waals surface area contributed by atoms with Crippen molar-refractivity contribution >= 4 is 28.2 Å². The largest absolute Gasteiger partial charge is 0.368 e. The van der Waals surface area contributed by atoms with Crippen LogP contribution in [0.25, 0.3) is 0 Å². The Hall–Kier alpha value is -0.680. The van der Waals surface area contributed by atoms with E-state index in [0.717, 1.165) is 0 Å². The Morgan fingerprint density at radius 3 is 2.75 bits per heavy atom. The lowest BCUT2D eigenvalue weighted by Crippen LogP contribution is -2.27. The third-order valence-corrected chi connectivity index (χ3v) is 4.15. The van der Waals surface area contributed by atoms with Gasteiger partial charge in [-0.2, -0.15) is 0 Å². The topological polar surface area (TPSA) is 54.9 Å². The molecule has 0 spiro atoms. The highest BCUT2D eigenvalue weighted by molar-refractivity contribution is 7.86. The smallest absolute Gasteiger partial charge is 0.148 e. The Kier molecular flexibility index (Phi) is 4.68. The Bertz CT molecular complexity index is 379. The minimum Gasteiger partial charge on any atom is -0.368 e. The molecule has 1 aromatic rings. The zero-order valence-electron chi connectivity index (χ0n) is 9.66. The molecule has 0 aliphatic heterocycles. The van der Waals surface area contributed by atoms with Crippen LogP contribution in [0.5, 0.6) is 0 Å². The highest BCUT2D eigenvalue weighted by Crippen LogP contribution is 2.16. The van der Waals surface area contributed by atoms with E-state index in [2.05, 4.69) is 15.3 Å². The third-order valence-electron chi connectivity index (χ3n) is 1.93. The van der Waals surface area contributed by atoms with Crippen molar-refractivity contribution in [1.29, 1.82) is 0 Å². The van der Waals surface area contributed by atoms with E-state index in [4.69, 9.17) is 11.6 Å². The summed E-state index contributed by atoms with van der Waals surface area (Å²) >= 11 is 5.87. The molecule has 0 fully saturated rings. The molecule has 1 unspecified atom stereocenters. The number of nitrogens with one attached hydrogen (secondary N) is 1. The molecule has 1 rings (SSSR count). The molecule has 0 saturated heterocycles. The van der Waals surface area contributed by atoms with Gasteiger partial charge in [0.25, 0.3) is 0 Å². The summed E-state index contributed by atoms with van der Waals surface area (Å²) in [5, 5.41) is 3.52. The molecule has 0 radical (unpaired) electrons. The molecule has 0 aliphatic carbocycles. The van der Waals surface area contributed by atoms with Gasteiger partial charge >= 0.3 is 0 Å². The van der Waals surface area contributed by atoms with Crippen LogP contribution in [0.4, 0.5) is 5.82 Å². The summed E-state index contributed by atoms with van der Waals surface area (Å²) in [7, 11) is -0.867. The highest BCUT2D eigenvalue weighted by Gasteiger charge is 2.18. The number of anilines is 1. The molecule has 6 heteroatoms. The van der Waals surface area contributed by atoms with E-state index in [-0.39, 0.29) is 4.75 Å². The predicted octanol–water partition coefficient (Wildman–Crippen LogP) is 2.09. The number of hydrogen-bond acceptors (Lipinski definition) is 4. The number of rotatable bonds is 4. The predicted molar refractivity (Wildman–Crippen MR) is 68.3 cm³/mol. The average molecular weight is 262 g/mol. The van der Waals surface area contributed by atoms with Crippen LogP contribution in [-0.4, -0.2) is 31.2 Å². The quantitative estimate of drug-likeness (QED) is 0.902. The molecular formula is C10H16ClN3OS. The van der Waals surface area contributed by atoms with E-state index < -0.39 is 10.8 Å². The maximum absolute atomic E-state index is 11.7. The minimum absolute atomic E-state index is 0.183. The molecule has 1 atom stereocenters. The van der Waals surface area contributed by atoms with Crippen molar-refractivity contribution in [1.82, 2.24) is 9.97 Å². The van der Waals surface area contributed by atoms with Gasteiger partial charge in [-0.25, -0.2) is 9.97 Å². The van der Waals surface area contributed by atoms with E-state index in [1.54, 1.807) is 0 Å². The van der Waals surface area contributed by atoms with E-state index >= 15 is 0 Å². The minimum atomic E-state index is -0.867. The van der Waals surface area contributed by atoms with Crippen LogP contribution in [0.2, 0.25) is 5.02 Å². The van der Waals surface area contributed by atoms with E-state index in [1.807, 2.05) is 20.8 Å². The molecule has 1 N–H and O–H groups in total. The molecule has 1 heterocycles. The van der Waals surface area contributed by atoms with Gasteiger partial charge in [0.2, 0.25) is 0 Å². The molecule has 0 saturated carbocycles. The lowest BCUT2D eigenvalue weighted by atomic mass is 10.3. The third kappa shape index (κ3) is 4.06. The van der Waals surface area contributed by atoms with Crippen molar-refractivity contribution < 1.29 is 4.21 Å². The van der Waals surface area contributed by atoms with Gasteiger partial charge in [-0.3, -0.25) is 4.21 Å². The van der Waals surface area contributed by atoms with Crippen molar-refractivity contribution in [3.8, 4) is 0 Å². The number of hydrogen-bond donors (Lipinski definition) is 1. The van der Waals surface area contributed by atoms with Crippen molar-refractivity contribution in [2.24, 2.45) is 0 Å². The zero-order valence-corrected chi connectivity index (χ0v) is 11.2. The first-order valence-electron chi connectivity index (χ1n) is 4.99. The van der Waals surface area contributed by atoms with E-state index in [1.165, 1.54) is 12.5 Å². The van der Waals surface area contributed by atoms with Crippen LogP contribution >= 0.6 is 11.6 Å². The first-order chi connectivity index (χ1) is 7.41. The van der Waals surface area contributed by atoms with E-state index in [9.17, 15) is 4.21 Å². The molecule has 90 valence electrons. The zero-order chi connectivity index (χ0) is 12.2. The fourth-order valence-electron chi connectivity index (χ4n) is 1.01. The summed E-state index contributed by atoms with van der Waals surface area (Å²) in [4.78, 5) is 7.77. The average Bonchev–Trinajstić information content (AvgIpc) is 2.19. The normalized spacial score (nSPS) is 13.5. The second-order valence-corrected chi connectivity index (χ2v) is 7.04. The Labute approximate surface area is 103 Å². The van der Waals surface area contributed by atoms with Crippen molar-refractivity contribution in [3.05, 3.63) is 17.5 Å². The first-order valence-corrected chi connectivity index (χ1v) is 6.69. The second-order valence-electron chi connectivity index (χ2n) is 4.31. The fourth-order valence-corrected chi connectivity index (χ4v) is 2.08. The van der Waals surface area contributed by atoms with Crippen molar-refractivity contribution in [2.75, 3.05) is 17.6 Å². The molecule has 1 aromatic heterocycles. The van der Waals surface area contributed by atoms with Gasteiger partial charge in [-0.15, -0.1) is 0 Å². The van der Waals surface area contributed by atoms with Crippen LogP contribution < -0.4 is 5.32 Å². The Morgan fingerprint density at radius 1 is 1.50 bits per heavy atom. The summed E-state index contributed by atoms with van der Waals surface area (Å²) in [5.41, 5.74) is 0. The molecule has 0 bridgehead atoms. The van der Waals surface area contributed by atoms with Gasteiger partial charge in [0.1, 0.15) is 17.2 Å². The van der Waals surface area contributed by atoms with Crippen LogP contribution in [0.3, 0.4) is 0 Å². The Morgan fingerprint density at radius 2 is 2.19 bits per heavy atom. The van der Waals surface area contributed by atoms with Crippen molar-refractivity contribution in [2.45, 2.75) is 25.5 Å². The lowest BCUT2D eigenvalue weighted by molar-refractivity contribution is 0.649. The van der Waals surface area contributed by atoms with Gasteiger partial charge in [-0.1, -0.05) is 11.6 Å². The maximum Gasteiger partial charge on any atom is 0.148 e. The summed E-state index contributed by atoms with van der Waals surface area (Å²) in [6.07, 6.45) is 2.95. The summed E-state index contributed by atoms with van der Waals surface area (Å²) in [6, 6.07) is 0. The second kappa shape index (κ2) is 5.59. The standard InChI is InChI=1S/C10H16ClN3OS/c1-10(2,3)16(15)5-4-13-9-8(11)6-12-7-14-9/h6-7H,4-5H2,1-3H3,(H,12,13,14). The van der Waals surface area contributed by atoms with Gasteiger partial charge in [-0.05, 0) is 20.8 Å². The Balaban J connectivity index is 2.43. The highest BCUT2D eigenvalue weighted by atomic mass is 35.5. The summed E-state index contributed by atoms with van der Waals surface area (Å²) in [6.45, 7) is 6.46. The number of aromatic nitrogens is 2. The van der Waals surface area contributed by atoms with Crippen LogP contribution in [0, 0.1) is 0 Å². The van der Waals surface area contributed by atoms with Gasteiger partial charge < -0.3 is 5.32 Å². The maximum atomic E-state index is 11.7. The molecular weight excluding hydrogens is 246 g/mol. The summed E-state index contributed by atoms with van der Waals surface area (Å²) in [5.74, 6) is 1.16. The van der Waals surface area contributed by atoms with Crippen LogP contribution in [0.15, 0.2) is 12.5 Å². The van der Waals surface area contributed by atoms with Gasteiger partial charge in [0, 0.05) is 27.8 Å². The van der Waals surface area contributed by atoms with Crippen molar-refractivity contribution in [3.63, 3.8) is 0 Å². The van der Waals surface area contributed by atoms with E-state index in [0.29, 0.717) is 23.1 Å². The van der Waals surface area contributed by atoms with Crippen LogP contribution in [-0.2, 0) is 10.8 Å². The first kappa shape index (κ1) is 13.4. The monoisotopic (exact) mass is 261 g/mol. The number of halogens is 1. The molecule has 4 nitrogen and oxygen atoms in total. The molecule has 0 amide bonds. The lowest BCUT2D eigenvalue weighted by Gasteiger charge is -2.17. The van der Waals surface area contributed by atoms with Gasteiger partial charge in [0.05, 0.1) is 6.20 Å². The molecule has 0 aromatic carbocycles. The van der Waals surface area contributed by atoms with Crippen LogP contribution in [0.1, 0.15) is 20.8 Å². The summed E-state index contributed by atoms with van der Waals surface area (Å²) < 4.78 is 11.6.